The quantitative estimate of drug-likeness (QED) is 0.830. The molecule has 0 saturated heterocycles. The van der Waals surface area contributed by atoms with Crippen molar-refractivity contribution in [3.63, 3.8) is 0 Å². The predicted molar refractivity (Wildman–Crippen MR) is 72.3 cm³/mol. The highest BCUT2D eigenvalue weighted by molar-refractivity contribution is 5.90. The molecule has 2 N–H and O–H groups in total. The fraction of sp³-hybridized carbons (Fsp3) is 0.0714. The van der Waals surface area contributed by atoms with E-state index < -0.39 is 11.9 Å². The number of nitrogens with one attached hydrogen (secondary N) is 1. The first-order valence-corrected chi connectivity index (χ1v) is 5.75. The van der Waals surface area contributed by atoms with Gasteiger partial charge in [-0.15, -0.1) is 0 Å². The van der Waals surface area contributed by atoms with E-state index in [-0.39, 0.29) is 5.56 Å². The molecular formula is C14H12N2O4. The van der Waals surface area contributed by atoms with Gasteiger partial charge >= 0.3 is 11.9 Å². The van der Waals surface area contributed by atoms with Gasteiger partial charge in [0.1, 0.15) is 5.82 Å². The lowest BCUT2D eigenvalue weighted by Gasteiger charge is -2.07. The standard InChI is InChI=1S/C14H12N2O4/c1-20-14(19)10-5-6-15-12(8-10)16-11-4-2-3-9(7-11)13(17)18/h2-8H,1H3,(H,15,16)(H,17,18). The van der Waals surface area contributed by atoms with E-state index in [1.807, 2.05) is 0 Å². The van der Waals surface area contributed by atoms with E-state index >= 15 is 0 Å². The lowest BCUT2D eigenvalue weighted by Crippen LogP contribution is -2.03. The summed E-state index contributed by atoms with van der Waals surface area (Å²) in [7, 11) is 1.30. The van der Waals surface area contributed by atoms with E-state index in [0.29, 0.717) is 17.1 Å². The zero-order valence-corrected chi connectivity index (χ0v) is 10.7. The van der Waals surface area contributed by atoms with Crippen LogP contribution < -0.4 is 5.32 Å². The van der Waals surface area contributed by atoms with Gasteiger partial charge in [0.15, 0.2) is 0 Å². The largest absolute Gasteiger partial charge is 0.478 e. The fourth-order valence-electron chi connectivity index (χ4n) is 1.62. The van der Waals surface area contributed by atoms with E-state index in [1.165, 1.54) is 37.6 Å². The van der Waals surface area contributed by atoms with Gasteiger partial charge in [-0.05, 0) is 30.3 Å². The van der Waals surface area contributed by atoms with Crippen LogP contribution in [0, 0.1) is 0 Å². The van der Waals surface area contributed by atoms with Crippen LogP contribution in [0.5, 0.6) is 0 Å². The summed E-state index contributed by atoms with van der Waals surface area (Å²) in [5, 5.41) is 11.9. The third-order valence-corrected chi connectivity index (χ3v) is 2.56. The molecule has 20 heavy (non-hydrogen) atoms. The zero-order valence-electron chi connectivity index (χ0n) is 10.7. The van der Waals surface area contributed by atoms with Gasteiger partial charge < -0.3 is 15.2 Å². The summed E-state index contributed by atoms with van der Waals surface area (Å²) in [6.07, 6.45) is 1.47. The number of methoxy groups -OCH3 is 1. The molecule has 102 valence electrons. The summed E-state index contributed by atoms with van der Waals surface area (Å²) in [5.74, 6) is -1.05. The Morgan fingerprint density at radius 3 is 2.70 bits per heavy atom. The number of carbonyl (C=O) groups excluding carboxylic acids is 1. The molecule has 2 aromatic rings. The number of nitrogens with zero attached hydrogens (tertiary/aromatic N) is 1. The molecule has 1 aromatic carbocycles. The van der Waals surface area contributed by atoms with E-state index in [0.717, 1.165) is 0 Å². The molecule has 0 saturated carbocycles. The maximum absolute atomic E-state index is 11.4. The molecular weight excluding hydrogens is 260 g/mol. The van der Waals surface area contributed by atoms with Gasteiger partial charge in [0, 0.05) is 11.9 Å². The van der Waals surface area contributed by atoms with Gasteiger partial charge in [-0.1, -0.05) is 6.07 Å². The van der Waals surface area contributed by atoms with Crippen LogP contribution in [0.4, 0.5) is 11.5 Å². The van der Waals surface area contributed by atoms with Crippen LogP contribution in [-0.2, 0) is 4.74 Å². The lowest BCUT2D eigenvalue weighted by atomic mass is 10.2. The van der Waals surface area contributed by atoms with Crippen molar-refractivity contribution < 1.29 is 19.4 Å². The molecule has 6 heteroatoms. The van der Waals surface area contributed by atoms with Gasteiger partial charge in [-0.3, -0.25) is 0 Å². The summed E-state index contributed by atoms with van der Waals surface area (Å²) in [4.78, 5) is 26.3. The molecule has 0 aliphatic heterocycles. The second kappa shape index (κ2) is 5.83. The maximum atomic E-state index is 11.4. The van der Waals surface area contributed by atoms with E-state index in [1.54, 1.807) is 12.1 Å². The van der Waals surface area contributed by atoms with Crippen molar-refractivity contribution in [2.24, 2.45) is 0 Å². The number of hydrogen-bond donors (Lipinski definition) is 2. The topological polar surface area (TPSA) is 88.5 Å². The number of pyridine rings is 1. The molecule has 1 aromatic heterocycles. The number of ether oxygens (including phenoxy) is 1. The van der Waals surface area contributed by atoms with Gasteiger partial charge in [-0.2, -0.15) is 0 Å². The molecule has 0 aliphatic carbocycles. The van der Waals surface area contributed by atoms with Crippen molar-refractivity contribution in [2.45, 2.75) is 0 Å². The Morgan fingerprint density at radius 1 is 1.20 bits per heavy atom. The summed E-state index contributed by atoms with van der Waals surface area (Å²) < 4.78 is 4.62. The normalized spacial score (nSPS) is 9.85. The van der Waals surface area contributed by atoms with E-state index in [9.17, 15) is 9.59 Å². The number of rotatable bonds is 4. The number of esters is 1. The van der Waals surface area contributed by atoms with Crippen LogP contribution >= 0.6 is 0 Å². The van der Waals surface area contributed by atoms with Gasteiger partial charge in [0.05, 0.1) is 18.2 Å². The van der Waals surface area contributed by atoms with Crippen molar-refractivity contribution in [3.05, 3.63) is 53.7 Å². The fourth-order valence-corrected chi connectivity index (χ4v) is 1.62. The lowest BCUT2D eigenvalue weighted by molar-refractivity contribution is 0.0599. The number of aromatic carboxylic acids is 1. The number of carbonyl (C=O) groups is 2. The van der Waals surface area contributed by atoms with Crippen molar-refractivity contribution >= 4 is 23.4 Å². The number of carboxylic acids is 1. The highest BCUT2D eigenvalue weighted by Gasteiger charge is 2.07. The first-order valence-electron chi connectivity index (χ1n) is 5.75. The second-order valence-electron chi connectivity index (χ2n) is 3.93. The van der Waals surface area contributed by atoms with Crippen molar-refractivity contribution in [1.82, 2.24) is 4.98 Å². The summed E-state index contributed by atoms with van der Waals surface area (Å²) in [6.45, 7) is 0. The minimum absolute atomic E-state index is 0.166. The van der Waals surface area contributed by atoms with Crippen molar-refractivity contribution in [2.75, 3.05) is 12.4 Å². The van der Waals surface area contributed by atoms with Crippen molar-refractivity contribution in [3.8, 4) is 0 Å². The Hall–Kier alpha value is -2.89. The average molecular weight is 272 g/mol. The van der Waals surface area contributed by atoms with E-state index in [2.05, 4.69) is 15.0 Å². The molecule has 1 heterocycles. The van der Waals surface area contributed by atoms with Crippen LogP contribution in [0.25, 0.3) is 0 Å². The smallest absolute Gasteiger partial charge is 0.338 e. The molecule has 0 aliphatic rings. The molecule has 0 spiro atoms. The van der Waals surface area contributed by atoms with Crippen LogP contribution in [0.2, 0.25) is 0 Å². The minimum Gasteiger partial charge on any atom is -0.478 e. The molecule has 0 fully saturated rings. The van der Waals surface area contributed by atoms with Crippen LogP contribution in [0.1, 0.15) is 20.7 Å². The number of hydrogen-bond acceptors (Lipinski definition) is 5. The molecule has 2 rings (SSSR count). The second-order valence-corrected chi connectivity index (χ2v) is 3.93. The van der Waals surface area contributed by atoms with Gasteiger partial charge in [-0.25, -0.2) is 14.6 Å². The Bertz CT molecular complexity index is 655. The summed E-state index contributed by atoms with van der Waals surface area (Å²) in [5.41, 5.74) is 1.10. The summed E-state index contributed by atoms with van der Waals surface area (Å²) in [6, 6.07) is 9.36. The first kappa shape index (κ1) is 13.5. The highest BCUT2D eigenvalue weighted by Crippen LogP contribution is 2.17. The Balaban J connectivity index is 2.24. The molecule has 0 atom stereocenters. The Kier molecular flexibility index (Phi) is 3.95. The molecule has 0 amide bonds. The van der Waals surface area contributed by atoms with E-state index in [4.69, 9.17) is 5.11 Å². The number of benzene rings is 1. The minimum atomic E-state index is -1.01. The van der Waals surface area contributed by atoms with Gasteiger partial charge in [0.2, 0.25) is 0 Å². The third kappa shape index (κ3) is 3.11. The van der Waals surface area contributed by atoms with Crippen LogP contribution in [0.15, 0.2) is 42.6 Å². The maximum Gasteiger partial charge on any atom is 0.338 e. The number of aromatic nitrogens is 1. The third-order valence-electron chi connectivity index (χ3n) is 2.56. The molecule has 0 unspecified atom stereocenters. The molecule has 0 radical (unpaired) electrons. The van der Waals surface area contributed by atoms with Crippen LogP contribution in [-0.4, -0.2) is 29.1 Å². The van der Waals surface area contributed by atoms with Crippen molar-refractivity contribution in [1.29, 1.82) is 0 Å². The molecule has 6 nitrogen and oxygen atoms in total. The molecule has 0 bridgehead atoms. The average Bonchev–Trinajstić information content (AvgIpc) is 2.47. The number of anilines is 2. The van der Waals surface area contributed by atoms with Crippen LogP contribution in [0.3, 0.4) is 0 Å². The SMILES string of the molecule is COC(=O)c1ccnc(Nc2cccc(C(=O)O)c2)c1. The zero-order chi connectivity index (χ0) is 14.5. The predicted octanol–water partition coefficient (Wildman–Crippen LogP) is 2.31. The highest BCUT2D eigenvalue weighted by atomic mass is 16.5. The Morgan fingerprint density at radius 2 is 2.00 bits per heavy atom. The Labute approximate surface area is 115 Å². The summed E-state index contributed by atoms with van der Waals surface area (Å²) >= 11 is 0. The van der Waals surface area contributed by atoms with Gasteiger partial charge in [0.25, 0.3) is 0 Å². The number of carboxylic acid groups (broad SMARTS) is 1. The first-order chi connectivity index (χ1) is 9.60. The monoisotopic (exact) mass is 272 g/mol.